The van der Waals surface area contributed by atoms with Gasteiger partial charge in [0.05, 0.1) is 20.3 Å². The summed E-state index contributed by atoms with van der Waals surface area (Å²) >= 11 is 9.78. The maximum Gasteiger partial charge on any atom is 0.230 e. The average molecular weight is 446 g/mol. The molecule has 0 saturated carbocycles. The van der Waals surface area contributed by atoms with Gasteiger partial charge in [0, 0.05) is 15.3 Å². The Labute approximate surface area is 144 Å². The molecule has 3 aromatic heterocycles. The van der Waals surface area contributed by atoms with E-state index < -0.39 is 0 Å². The first-order valence-corrected chi connectivity index (χ1v) is 9.23. The van der Waals surface area contributed by atoms with Gasteiger partial charge in [0.15, 0.2) is 17.1 Å². The van der Waals surface area contributed by atoms with E-state index in [9.17, 15) is 9.59 Å². The van der Waals surface area contributed by atoms with Crippen molar-refractivity contribution in [3.8, 4) is 0 Å². The second kappa shape index (κ2) is 4.38. The van der Waals surface area contributed by atoms with Crippen molar-refractivity contribution in [3.63, 3.8) is 0 Å². The Morgan fingerprint density at radius 1 is 0.857 bits per heavy atom. The molecule has 0 N–H and O–H groups in total. The quantitative estimate of drug-likeness (QED) is 0.360. The van der Waals surface area contributed by atoms with Gasteiger partial charge in [-0.05, 0) is 45.7 Å². The number of thiophene rings is 2. The van der Waals surface area contributed by atoms with Crippen molar-refractivity contribution < 1.29 is 14.0 Å². The number of hydrogen-bond acceptors (Lipinski definition) is 5. The third-order valence-electron chi connectivity index (χ3n) is 3.61. The molecule has 0 radical (unpaired) electrons. The fourth-order valence-electron chi connectivity index (χ4n) is 2.78. The Bertz CT molecular complexity index is 975. The Morgan fingerprint density at radius 3 is 2.14 bits per heavy atom. The first-order chi connectivity index (χ1) is 9.91. The molecule has 0 amide bonds. The highest BCUT2D eigenvalue weighted by Crippen LogP contribution is 2.47. The van der Waals surface area contributed by atoms with Crippen molar-refractivity contribution in [2.45, 2.75) is 13.8 Å². The zero-order valence-electron chi connectivity index (χ0n) is 10.8. The maximum absolute atomic E-state index is 12.9. The number of carbonyl (C=O) groups excluding carboxylic acids is 2. The van der Waals surface area contributed by atoms with Crippen molar-refractivity contribution in [2.24, 2.45) is 0 Å². The van der Waals surface area contributed by atoms with E-state index in [1.165, 1.54) is 22.7 Å². The molecule has 0 fully saturated rings. The molecule has 0 atom stereocenters. The summed E-state index contributed by atoms with van der Waals surface area (Å²) in [6, 6.07) is 0. The molecule has 0 saturated heterocycles. The van der Waals surface area contributed by atoms with Crippen LogP contribution in [0.4, 0.5) is 0 Å². The summed E-state index contributed by atoms with van der Waals surface area (Å²) < 4.78 is 7.28. The largest absolute Gasteiger partial charge is 0.450 e. The fourth-order valence-corrected chi connectivity index (χ4v) is 6.80. The maximum atomic E-state index is 12.9. The number of hydrogen-bond donors (Lipinski definition) is 0. The highest BCUT2D eigenvalue weighted by Gasteiger charge is 2.40. The molecule has 0 spiro atoms. The first kappa shape index (κ1) is 13.9. The number of aryl methyl sites for hydroxylation is 2. The Balaban J connectivity index is 2.16. The standard InChI is InChI=1S/C14H6Br2O3S2/c1-3-5-6(4(2)20-3)10(18)11-7(9(5)17)8-12(19-11)14(16)21-13(8)15/h1-2H3. The predicted octanol–water partition coefficient (Wildman–Crippen LogP) is 5.47. The predicted molar refractivity (Wildman–Crippen MR) is 90.1 cm³/mol. The third kappa shape index (κ3) is 1.63. The van der Waals surface area contributed by atoms with Gasteiger partial charge in [0.25, 0.3) is 0 Å². The lowest BCUT2D eigenvalue weighted by Crippen LogP contribution is -2.19. The van der Waals surface area contributed by atoms with Crippen LogP contribution in [0.25, 0.3) is 11.0 Å². The molecule has 7 heteroatoms. The van der Waals surface area contributed by atoms with Gasteiger partial charge in [-0.25, -0.2) is 0 Å². The van der Waals surface area contributed by atoms with Gasteiger partial charge in [-0.2, -0.15) is 0 Å². The summed E-state index contributed by atoms with van der Waals surface area (Å²) in [6.07, 6.45) is 0. The summed E-state index contributed by atoms with van der Waals surface area (Å²) in [5.41, 5.74) is 1.98. The van der Waals surface area contributed by atoms with Crippen LogP contribution in [0.15, 0.2) is 12.0 Å². The van der Waals surface area contributed by atoms with Gasteiger partial charge in [0.1, 0.15) is 3.79 Å². The summed E-state index contributed by atoms with van der Waals surface area (Å²) in [6.45, 7) is 3.74. The highest BCUT2D eigenvalue weighted by molar-refractivity contribution is 9.12. The Kier molecular flexibility index (Phi) is 2.89. The van der Waals surface area contributed by atoms with Crippen molar-refractivity contribution in [1.82, 2.24) is 0 Å². The lowest BCUT2D eigenvalue weighted by Gasteiger charge is -2.11. The molecule has 21 heavy (non-hydrogen) atoms. The number of fused-ring (bicyclic) bond motifs is 4. The van der Waals surface area contributed by atoms with E-state index in [0.29, 0.717) is 27.7 Å². The molecule has 106 valence electrons. The number of carbonyl (C=O) groups is 2. The van der Waals surface area contributed by atoms with E-state index in [4.69, 9.17) is 4.42 Å². The fraction of sp³-hybridized carbons (Fsp3) is 0.143. The van der Waals surface area contributed by atoms with Gasteiger partial charge in [-0.3, -0.25) is 9.59 Å². The van der Waals surface area contributed by atoms with Crippen molar-refractivity contribution in [2.75, 3.05) is 0 Å². The SMILES string of the molecule is Cc1sc(C)c2c1C(=O)c1oc3c(Br)sc(Br)c3c1C2=O. The van der Waals surface area contributed by atoms with E-state index in [2.05, 4.69) is 31.9 Å². The lowest BCUT2D eigenvalue weighted by atomic mass is 9.88. The lowest BCUT2D eigenvalue weighted by molar-refractivity contribution is 0.0962. The normalized spacial score (nSPS) is 13.9. The van der Waals surface area contributed by atoms with Gasteiger partial charge in [-0.1, -0.05) is 0 Å². The average Bonchev–Trinajstić information content (AvgIpc) is 3.01. The summed E-state index contributed by atoms with van der Waals surface area (Å²) in [7, 11) is 0. The molecule has 0 aliphatic heterocycles. The molecule has 1 aliphatic rings. The van der Waals surface area contributed by atoms with Crippen LogP contribution in [0.5, 0.6) is 0 Å². The second-order valence-corrected chi connectivity index (χ2v) is 9.87. The van der Waals surface area contributed by atoms with Crippen LogP contribution in [0.1, 0.15) is 41.8 Å². The van der Waals surface area contributed by atoms with Gasteiger partial charge in [-0.15, -0.1) is 22.7 Å². The molecule has 0 bridgehead atoms. The molecular formula is C14H6Br2O3S2. The van der Waals surface area contributed by atoms with Crippen LogP contribution >= 0.6 is 54.5 Å². The van der Waals surface area contributed by atoms with E-state index in [-0.39, 0.29) is 17.3 Å². The number of rotatable bonds is 0. The van der Waals surface area contributed by atoms with Gasteiger partial charge in [0.2, 0.25) is 5.78 Å². The molecule has 3 heterocycles. The van der Waals surface area contributed by atoms with Gasteiger partial charge < -0.3 is 4.42 Å². The number of furan rings is 1. The molecular weight excluding hydrogens is 440 g/mol. The van der Waals surface area contributed by atoms with E-state index in [1.807, 2.05) is 13.8 Å². The third-order valence-corrected chi connectivity index (χ3v) is 7.11. The van der Waals surface area contributed by atoms with Gasteiger partial charge >= 0.3 is 0 Å². The zero-order chi connectivity index (χ0) is 15.0. The molecule has 3 nitrogen and oxygen atoms in total. The van der Waals surface area contributed by atoms with Crippen LogP contribution in [0.2, 0.25) is 0 Å². The number of halogens is 2. The number of ketones is 2. The zero-order valence-corrected chi connectivity index (χ0v) is 15.6. The minimum Gasteiger partial charge on any atom is -0.450 e. The first-order valence-electron chi connectivity index (χ1n) is 6.01. The monoisotopic (exact) mass is 444 g/mol. The van der Waals surface area contributed by atoms with Crippen molar-refractivity contribution in [3.05, 3.63) is 39.8 Å². The second-order valence-electron chi connectivity index (χ2n) is 4.78. The van der Waals surface area contributed by atoms with Crippen LogP contribution in [0.3, 0.4) is 0 Å². The van der Waals surface area contributed by atoms with Crippen molar-refractivity contribution in [1.29, 1.82) is 0 Å². The smallest absolute Gasteiger partial charge is 0.230 e. The van der Waals surface area contributed by atoms with Crippen molar-refractivity contribution >= 4 is 77.1 Å². The Morgan fingerprint density at radius 2 is 1.48 bits per heavy atom. The minimum absolute atomic E-state index is 0.119. The Hall–Kier alpha value is -0.760. The van der Waals surface area contributed by atoms with Crippen LogP contribution in [-0.4, -0.2) is 11.6 Å². The molecule has 0 aromatic carbocycles. The van der Waals surface area contributed by atoms with E-state index in [1.54, 1.807) is 0 Å². The summed E-state index contributed by atoms with van der Waals surface area (Å²) in [4.78, 5) is 27.3. The van der Waals surface area contributed by atoms with Crippen LogP contribution in [-0.2, 0) is 0 Å². The molecule has 4 rings (SSSR count). The highest BCUT2D eigenvalue weighted by atomic mass is 79.9. The molecule has 0 unspecified atom stereocenters. The van der Waals surface area contributed by atoms with Crippen LogP contribution < -0.4 is 0 Å². The van der Waals surface area contributed by atoms with E-state index >= 15 is 0 Å². The topological polar surface area (TPSA) is 47.3 Å². The van der Waals surface area contributed by atoms with Crippen LogP contribution in [0, 0.1) is 13.8 Å². The minimum atomic E-state index is -0.193. The summed E-state index contributed by atoms with van der Waals surface area (Å²) in [5, 5.41) is 0.689. The van der Waals surface area contributed by atoms with E-state index in [0.717, 1.165) is 17.3 Å². The molecule has 1 aliphatic carbocycles. The molecule has 3 aromatic rings. The summed E-state index contributed by atoms with van der Waals surface area (Å²) in [5.74, 6) is -0.153.